The molecule has 1 rings (SSSR count). The molecule has 106 valence electrons. The van der Waals surface area contributed by atoms with Gasteiger partial charge in [0.25, 0.3) is 0 Å². The number of rotatable bonds is 7. The molecule has 4 heteroatoms. The Kier molecular flexibility index (Phi) is 6.09. The summed E-state index contributed by atoms with van der Waals surface area (Å²) in [6.07, 6.45) is 5.42. The maximum Gasteiger partial charge on any atom is 0.312 e. The first kappa shape index (κ1) is 15.4. The normalized spacial score (nSPS) is 17.4. The van der Waals surface area contributed by atoms with Crippen LogP contribution in [-0.4, -0.2) is 50.7 Å². The number of methoxy groups -OCH3 is 1. The second kappa shape index (κ2) is 7.10. The molecule has 0 aromatic rings. The molecular weight excluding hydrogens is 228 g/mol. The Morgan fingerprint density at radius 3 is 2.56 bits per heavy atom. The van der Waals surface area contributed by atoms with Gasteiger partial charge in [0.1, 0.15) is 0 Å². The Morgan fingerprint density at radius 1 is 1.39 bits per heavy atom. The number of hydrogen-bond donors (Lipinski definition) is 1. The fourth-order valence-corrected chi connectivity index (χ4v) is 2.53. The summed E-state index contributed by atoms with van der Waals surface area (Å²) < 4.78 is 4.79. The smallest absolute Gasteiger partial charge is 0.312 e. The van der Waals surface area contributed by atoms with E-state index in [9.17, 15) is 4.79 Å². The number of carbonyl (C=O) groups is 1. The van der Waals surface area contributed by atoms with Crippen LogP contribution in [0.4, 0.5) is 0 Å². The number of esters is 1. The molecule has 1 fully saturated rings. The van der Waals surface area contributed by atoms with Crippen molar-refractivity contribution < 1.29 is 9.53 Å². The number of nitrogens with one attached hydrogen (secondary N) is 1. The van der Waals surface area contributed by atoms with Gasteiger partial charge < -0.3 is 15.0 Å². The first-order valence-electron chi connectivity index (χ1n) is 6.97. The third-order valence-electron chi connectivity index (χ3n) is 3.89. The van der Waals surface area contributed by atoms with E-state index < -0.39 is 5.41 Å². The minimum atomic E-state index is -0.444. The molecule has 1 aliphatic rings. The number of nitrogens with zero attached hydrogens (tertiary/aromatic N) is 1. The zero-order chi connectivity index (χ0) is 13.6. The highest BCUT2D eigenvalue weighted by molar-refractivity contribution is 5.76. The van der Waals surface area contributed by atoms with Gasteiger partial charge in [0.05, 0.1) is 12.5 Å². The monoisotopic (exact) mass is 256 g/mol. The third-order valence-corrected chi connectivity index (χ3v) is 3.89. The molecule has 0 bridgehead atoms. The van der Waals surface area contributed by atoms with Crippen LogP contribution in [0.15, 0.2) is 0 Å². The minimum Gasteiger partial charge on any atom is -0.469 e. The molecule has 1 saturated carbocycles. The van der Waals surface area contributed by atoms with Crippen molar-refractivity contribution in [3.63, 3.8) is 0 Å². The van der Waals surface area contributed by atoms with Crippen LogP contribution in [0.1, 0.15) is 39.5 Å². The molecule has 0 aromatic carbocycles. The van der Waals surface area contributed by atoms with Gasteiger partial charge in [-0.1, -0.05) is 12.8 Å². The molecule has 0 amide bonds. The van der Waals surface area contributed by atoms with Crippen LogP contribution in [0.2, 0.25) is 0 Å². The number of hydrogen-bond acceptors (Lipinski definition) is 4. The van der Waals surface area contributed by atoms with Crippen molar-refractivity contribution in [2.24, 2.45) is 5.41 Å². The molecule has 0 aliphatic heterocycles. The van der Waals surface area contributed by atoms with Crippen LogP contribution in [0.5, 0.6) is 0 Å². The zero-order valence-corrected chi connectivity index (χ0v) is 12.3. The molecule has 0 unspecified atom stereocenters. The van der Waals surface area contributed by atoms with E-state index in [-0.39, 0.29) is 5.97 Å². The first-order chi connectivity index (χ1) is 8.47. The molecule has 0 saturated heterocycles. The van der Waals surface area contributed by atoms with Crippen molar-refractivity contribution in [2.45, 2.75) is 45.6 Å². The summed E-state index contributed by atoms with van der Waals surface area (Å²) in [6, 6.07) is 0.764. The maximum atomic E-state index is 11.5. The van der Waals surface area contributed by atoms with Crippen LogP contribution in [-0.2, 0) is 9.53 Å². The molecule has 1 N–H and O–H groups in total. The fourth-order valence-electron chi connectivity index (χ4n) is 2.53. The first-order valence-corrected chi connectivity index (χ1v) is 6.97. The molecule has 0 heterocycles. The highest BCUT2D eigenvalue weighted by Gasteiger charge is 2.28. The van der Waals surface area contributed by atoms with E-state index in [4.69, 9.17) is 4.74 Å². The predicted octanol–water partition coefficient (Wildman–Crippen LogP) is 1.65. The van der Waals surface area contributed by atoms with Gasteiger partial charge in [-0.25, -0.2) is 0 Å². The topological polar surface area (TPSA) is 41.6 Å². The van der Waals surface area contributed by atoms with Gasteiger partial charge in [-0.2, -0.15) is 0 Å². The summed E-state index contributed by atoms with van der Waals surface area (Å²) in [7, 11) is 3.64. The lowest BCUT2D eigenvalue weighted by Crippen LogP contribution is -2.41. The van der Waals surface area contributed by atoms with Gasteiger partial charge in [0, 0.05) is 25.7 Å². The summed E-state index contributed by atoms with van der Waals surface area (Å²) in [5, 5.41) is 3.35. The van der Waals surface area contributed by atoms with E-state index in [1.165, 1.54) is 32.8 Å². The van der Waals surface area contributed by atoms with Crippen LogP contribution in [0, 0.1) is 5.41 Å². The number of likely N-dealkylation sites (N-methyl/N-ethyl adjacent to an activating group) is 1. The van der Waals surface area contributed by atoms with E-state index in [0.717, 1.165) is 19.1 Å². The Morgan fingerprint density at radius 2 is 2.00 bits per heavy atom. The van der Waals surface area contributed by atoms with E-state index in [0.29, 0.717) is 6.54 Å². The van der Waals surface area contributed by atoms with Crippen LogP contribution < -0.4 is 5.32 Å². The predicted molar refractivity (Wildman–Crippen MR) is 73.6 cm³/mol. The zero-order valence-electron chi connectivity index (χ0n) is 12.3. The summed E-state index contributed by atoms with van der Waals surface area (Å²) in [5.41, 5.74) is -0.444. The standard InChI is InChI=1S/C14H28N2O2/c1-14(2,13(17)18-4)11-15-9-10-16(3)12-7-5-6-8-12/h12,15H,5-11H2,1-4H3. The van der Waals surface area contributed by atoms with Gasteiger partial charge in [-0.15, -0.1) is 0 Å². The van der Waals surface area contributed by atoms with Crippen LogP contribution >= 0.6 is 0 Å². The van der Waals surface area contributed by atoms with Crippen molar-refractivity contribution in [3.05, 3.63) is 0 Å². The highest BCUT2D eigenvalue weighted by Crippen LogP contribution is 2.21. The van der Waals surface area contributed by atoms with Crippen LogP contribution in [0.3, 0.4) is 0 Å². The lowest BCUT2D eigenvalue weighted by atomic mass is 9.94. The van der Waals surface area contributed by atoms with Gasteiger partial charge in [0.15, 0.2) is 0 Å². The van der Waals surface area contributed by atoms with E-state index in [1.54, 1.807) is 0 Å². The second-order valence-electron chi connectivity index (χ2n) is 5.97. The Hall–Kier alpha value is -0.610. The lowest BCUT2D eigenvalue weighted by molar-refractivity contribution is -0.150. The van der Waals surface area contributed by atoms with E-state index >= 15 is 0 Å². The lowest BCUT2D eigenvalue weighted by Gasteiger charge is -2.26. The summed E-state index contributed by atoms with van der Waals surface area (Å²) in [4.78, 5) is 13.9. The molecular formula is C14H28N2O2. The Labute approximate surface area is 111 Å². The van der Waals surface area contributed by atoms with Gasteiger partial charge >= 0.3 is 5.97 Å². The molecule has 0 aromatic heterocycles. The number of ether oxygens (including phenoxy) is 1. The largest absolute Gasteiger partial charge is 0.469 e. The number of carbonyl (C=O) groups excluding carboxylic acids is 1. The van der Waals surface area contributed by atoms with E-state index in [1.807, 2.05) is 13.8 Å². The fraction of sp³-hybridized carbons (Fsp3) is 0.929. The van der Waals surface area contributed by atoms with Gasteiger partial charge in [0.2, 0.25) is 0 Å². The summed E-state index contributed by atoms with van der Waals surface area (Å²) >= 11 is 0. The molecule has 0 radical (unpaired) electrons. The molecule has 0 spiro atoms. The molecule has 4 nitrogen and oxygen atoms in total. The van der Waals surface area contributed by atoms with Crippen molar-refractivity contribution in [3.8, 4) is 0 Å². The van der Waals surface area contributed by atoms with Gasteiger partial charge in [-0.05, 0) is 33.7 Å². The molecule has 0 atom stereocenters. The average Bonchev–Trinajstić information content (AvgIpc) is 2.87. The average molecular weight is 256 g/mol. The van der Waals surface area contributed by atoms with E-state index in [2.05, 4.69) is 17.3 Å². The highest BCUT2D eigenvalue weighted by atomic mass is 16.5. The maximum absolute atomic E-state index is 11.5. The van der Waals surface area contributed by atoms with Crippen molar-refractivity contribution in [1.29, 1.82) is 0 Å². The Bertz CT molecular complexity index is 261. The SMILES string of the molecule is COC(=O)C(C)(C)CNCCN(C)C1CCCC1. The minimum absolute atomic E-state index is 0.154. The quantitative estimate of drug-likeness (QED) is 0.555. The molecule has 18 heavy (non-hydrogen) atoms. The van der Waals surface area contributed by atoms with Crippen LogP contribution in [0.25, 0.3) is 0 Å². The van der Waals surface area contributed by atoms with Crippen molar-refractivity contribution >= 4 is 5.97 Å². The van der Waals surface area contributed by atoms with Gasteiger partial charge in [-0.3, -0.25) is 4.79 Å². The third kappa shape index (κ3) is 4.58. The van der Waals surface area contributed by atoms with Crippen molar-refractivity contribution in [1.82, 2.24) is 10.2 Å². The summed E-state index contributed by atoms with van der Waals surface area (Å²) in [5.74, 6) is -0.154. The Balaban J connectivity index is 2.16. The second-order valence-corrected chi connectivity index (χ2v) is 5.97. The van der Waals surface area contributed by atoms with Crippen molar-refractivity contribution in [2.75, 3.05) is 33.8 Å². The summed E-state index contributed by atoms with van der Waals surface area (Å²) in [6.45, 7) is 6.45. The molecule has 1 aliphatic carbocycles.